The van der Waals surface area contributed by atoms with Crippen LogP contribution in [-0.4, -0.2) is 28.5 Å². The Bertz CT molecular complexity index is 247. The molecule has 0 fully saturated rings. The fraction of sp³-hybridized carbons (Fsp3) is 0.750. The molecule has 0 aliphatic heterocycles. The highest BCUT2D eigenvalue weighted by Gasteiger charge is 2.09. The summed E-state index contributed by atoms with van der Waals surface area (Å²) in [5, 5.41) is 12.7. The summed E-state index contributed by atoms with van der Waals surface area (Å²) in [5.41, 5.74) is 0. The summed E-state index contributed by atoms with van der Waals surface area (Å²) < 4.78 is 9.99. The first kappa shape index (κ1) is 10.1. The van der Waals surface area contributed by atoms with Gasteiger partial charge in [0.1, 0.15) is 6.10 Å². The molecular formula is C8H14N2O3. The number of nitrogens with zero attached hydrogens (tertiary/aromatic N) is 2. The molecule has 5 heteroatoms. The van der Waals surface area contributed by atoms with E-state index in [1.54, 1.807) is 6.92 Å². The molecule has 0 spiro atoms. The van der Waals surface area contributed by atoms with E-state index in [1.165, 1.54) is 0 Å². The predicted molar refractivity (Wildman–Crippen MR) is 45.1 cm³/mol. The Morgan fingerprint density at radius 2 is 2.38 bits per heavy atom. The van der Waals surface area contributed by atoms with Crippen molar-refractivity contribution in [2.75, 3.05) is 13.2 Å². The van der Waals surface area contributed by atoms with Gasteiger partial charge in [-0.15, -0.1) is 0 Å². The average molecular weight is 186 g/mol. The molecule has 1 atom stereocenters. The van der Waals surface area contributed by atoms with Crippen LogP contribution in [0.5, 0.6) is 0 Å². The molecule has 0 amide bonds. The Balaban J connectivity index is 2.40. The van der Waals surface area contributed by atoms with Crippen molar-refractivity contribution in [1.29, 1.82) is 0 Å². The molecule has 13 heavy (non-hydrogen) atoms. The van der Waals surface area contributed by atoms with E-state index in [0.29, 0.717) is 31.3 Å². The van der Waals surface area contributed by atoms with Gasteiger partial charge in [-0.3, -0.25) is 0 Å². The van der Waals surface area contributed by atoms with Crippen LogP contribution in [0, 0.1) is 0 Å². The maximum absolute atomic E-state index is 9.09. The topological polar surface area (TPSA) is 68.4 Å². The van der Waals surface area contributed by atoms with Crippen LogP contribution in [-0.2, 0) is 11.2 Å². The van der Waals surface area contributed by atoms with E-state index in [4.69, 9.17) is 14.4 Å². The van der Waals surface area contributed by atoms with Crippen LogP contribution in [0.4, 0.5) is 0 Å². The fourth-order valence-electron chi connectivity index (χ4n) is 0.843. The van der Waals surface area contributed by atoms with Crippen molar-refractivity contribution in [2.24, 2.45) is 0 Å². The molecule has 74 valence electrons. The summed E-state index contributed by atoms with van der Waals surface area (Å²) in [5.74, 6) is 0.829. The number of rotatable bonds is 5. The number of aliphatic hydroxyl groups excluding tert-OH is 1. The predicted octanol–water partition coefficient (Wildman–Crippen LogP) is 0.702. The van der Waals surface area contributed by atoms with Crippen molar-refractivity contribution in [3.05, 3.63) is 11.7 Å². The van der Waals surface area contributed by atoms with Crippen molar-refractivity contribution < 1.29 is 14.4 Å². The highest BCUT2D eigenvalue weighted by molar-refractivity contribution is 4.88. The molecule has 0 aliphatic carbocycles. The van der Waals surface area contributed by atoms with Gasteiger partial charge in [-0.25, -0.2) is 0 Å². The summed E-state index contributed by atoms with van der Waals surface area (Å²) in [7, 11) is 0. The third-order valence-corrected chi connectivity index (χ3v) is 1.52. The zero-order valence-corrected chi connectivity index (χ0v) is 7.86. The average Bonchev–Trinajstić information content (AvgIpc) is 2.53. The minimum absolute atomic E-state index is 0.325. The summed E-state index contributed by atoms with van der Waals surface area (Å²) in [6.45, 7) is 4.77. The second-order valence-electron chi connectivity index (χ2n) is 2.67. The molecule has 1 aromatic rings. The van der Waals surface area contributed by atoms with Crippen molar-refractivity contribution in [1.82, 2.24) is 10.1 Å². The molecule has 5 nitrogen and oxygen atoms in total. The third kappa shape index (κ3) is 3.12. The van der Waals surface area contributed by atoms with E-state index in [2.05, 4.69) is 10.1 Å². The van der Waals surface area contributed by atoms with Gasteiger partial charge in [-0.2, -0.15) is 4.98 Å². The molecule has 0 saturated carbocycles. The normalized spacial score (nSPS) is 13.2. The van der Waals surface area contributed by atoms with Crippen LogP contribution in [0.25, 0.3) is 0 Å². The highest BCUT2D eigenvalue weighted by atomic mass is 16.5. The second kappa shape index (κ2) is 4.94. The van der Waals surface area contributed by atoms with Gasteiger partial charge in [0, 0.05) is 6.61 Å². The van der Waals surface area contributed by atoms with Crippen molar-refractivity contribution in [3.8, 4) is 0 Å². The molecule has 0 radical (unpaired) electrons. The van der Waals surface area contributed by atoms with Gasteiger partial charge in [-0.1, -0.05) is 5.16 Å². The summed E-state index contributed by atoms with van der Waals surface area (Å²) in [6.07, 6.45) is -0.0855. The monoisotopic (exact) mass is 186 g/mol. The number of hydrogen-bond donors (Lipinski definition) is 1. The number of hydrogen-bond acceptors (Lipinski definition) is 5. The Hall–Kier alpha value is -0.940. The minimum atomic E-state index is -0.676. The largest absolute Gasteiger partial charge is 0.385 e. The van der Waals surface area contributed by atoms with E-state index in [0.717, 1.165) is 0 Å². The summed E-state index contributed by atoms with van der Waals surface area (Å²) in [4.78, 5) is 3.97. The lowest BCUT2D eigenvalue weighted by atomic mass is 10.4. The van der Waals surface area contributed by atoms with E-state index in [-0.39, 0.29) is 0 Å². The first-order chi connectivity index (χ1) is 6.24. The summed E-state index contributed by atoms with van der Waals surface area (Å²) >= 11 is 0. The Labute approximate surface area is 76.7 Å². The molecule has 1 rings (SSSR count). The zero-order chi connectivity index (χ0) is 9.68. The Morgan fingerprint density at radius 1 is 1.62 bits per heavy atom. The van der Waals surface area contributed by atoms with Gasteiger partial charge in [0.2, 0.25) is 5.89 Å². The minimum Gasteiger partial charge on any atom is -0.385 e. The third-order valence-electron chi connectivity index (χ3n) is 1.52. The van der Waals surface area contributed by atoms with E-state index >= 15 is 0 Å². The number of ether oxygens (including phenoxy) is 1. The zero-order valence-electron chi connectivity index (χ0n) is 7.86. The first-order valence-corrected chi connectivity index (χ1v) is 4.32. The van der Waals surface area contributed by atoms with Crippen molar-refractivity contribution in [2.45, 2.75) is 26.4 Å². The number of aromatic nitrogens is 2. The maximum Gasteiger partial charge on any atom is 0.229 e. The van der Waals surface area contributed by atoms with Crippen LogP contribution in [0.2, 0.25) is 0 Å². The quantitative estimate of drug-likeness (QED) is 0.685. The van der Waals surface area contributed by atoms with E-state index in [1.807, 2.05) is 6.92 Å². The van der Waals surface area contributed by atoms with Crippen LogP contribution >= 0.6 is 0 Å². The molecule has 1 N–H and O–H groups in total. The lowest BCUT2D eigenvalue weighted by Gasteiger charge is -1.95. The highest BCUT2D eigenvalue weighted by Crippen LogP contribution is 2.07. The molecule has 0 aromatic carbocycles. The van der Waals surface area contributed by atoms with Crippen LogP contribution < -0.4 is 0 Å². The van der Waals surface area contributed by atoms with Gasteiger partial charge >= 0.3 is 0 Å². The smallest absolute Gasteiger partial charge is 0.229 e. The van der Waals surface area contributed by atoms with Gasteiger partial charge < -0.3 is 14.4 Å². The molecule has 1 heterocycles. The molecule has 1 aromatic heterocycles. The molecule has 0 aliphatic rings. The lowest BCUT2D eigenvalue weighted by Crippen LogP contribution is -1.99. The van der Waals surface area contributed by atoms with Gasteiger partial charge in [-0.05, 0) is 13.8 Å². The van der Waals surface area contributed by atoms with Crippen LogP contribution in [0.3, 0.4) is 0 Å². The Kier molecular flexibility index (Phi) is 3.85. The van der Waals surface area contributed by atoms with Crippen LogP contribution in [0.1, 0.15) is 31.7 Å². The van der Waals surface area contributed by atoms with Crippen molar-refractivity contribution >= 4 is 0 Å². The van der Waals surface area contributed by atoms with Gasteiger partial charge in [0.25, 0.3) is 0 Å². The first-order valence-electron chi connectivity index (χ1n) is 4.32. The second-order valence-corrected chi connectivity index (χ2v) is 2.67. The van der Waals surface area contributed by atoms with E-state index < -0.39 is 6.10 Å². The molecule has 0 bridgehead atoms. The lowest BCUT2D eigenvalue weighted by molar-refractivity contribution is 0.144. The standard InChI is InChI=1S/C8H14N2O3/c1-3-12-5-4-7-9-8(6(2)11)10-13-7/h6,11H,3-5H2,1-2H3. The Morgan fingerprint density at radius 3 is 2.92 bits per heavy atom. The number of aliphatic hydroxyl groups is 1. The van der Waals surface area contributed by atoms with Gasteiger partial charge in [0.05, 0.1) is 13.0 Å². The maximum atomic E-state index is 9.09. The molecular weight excluding hydrogens is 172 g/mol. The molecule has 0 saturated heterocycles. The summed E-state index contributed by atoms with van der Waals surface area (Å²) in [6, 6.07) is 0. The van der Waals surface area contributed by atoms with Crippen LogP contribution in [0.15, 0.2) is 4.52 Å². The molecule has 1 unspecified atom stereocenters. The van der Waals surface area contributed by atoms with Crippen molar-refractivity contribution in [3.63, 3.8) is 0 Å². The van der Waals surface area contributed by atoms with Gasteiger partial charge in [0.15, 0.2) is 5.82 Å². The fourth-order valence-corrected chi connectivity index (χ4v) is 0.843. The van der Waals surface area contributed by atoms with E-state index in [9.17, 15) is 0 Å². The SMILES string of the molecule is CCOCCc1nc(C(C)O)no1.